The van der Waals surface area contributed by atoms with Gasteiger partial charge in [-0.2, -0.15) is 0 Å². The van der Waals surface area contributed by atoms with E-state index in [2.05, 4.69) is 15.9 Å². The smallest absolute Gasteiger partial charge is 0.231 e. The molecule has 0 unspecified atom stereocenters. The lowest BCUT2D eigenvalue weighted by atomic mass is 9.85. The van der Waals surface area contributed by atoms with Gasteiger partial charge in [-0.3, -0.25) is 19.2 Å². The number of fused-ring (bicyclic) bond motifs is 8. The third-order valence-corrected chi connectivity index (χ3v) is 17.6. The Labute approximate surface area is 578 Å². The van der Waals surface area contributed by atoms with Crippen molar-refractivity contribution >= 4 is 78.6 Å². The van der Waals surface area contributed by atoms with Gasteiger partial charge in [0.15, 0.2) is 69.1 Å². The summed E-state index contributed by atoms with van der Waals surface area (Å²) in [5.74, 6) is 7.90. The molecule has 8 aromatic carbocycles. The molecule has 20 heteroatoms. The summed E-state index contributed by atoms with van der Waals surface area (Å²) in [4.78, 5) is 51.0. The fraction of sp³-hybridized carbons (Fsp3) is 0.231. The van der Waals surface area contributed by atoms with E-state index in [1.54, 1.807) is 42.5 Å². The number of nitrogens with zero attached hydrogens (tertiary/aromatic N) is 1. The van der Waals surface area contributed by atoms with Gasteiger partial charge >= 0.3 is 0 Å². The molecule has 0 spiro atoms. The number of carbonyl (C=O) groups excluding carboxylic acids is 4. The highest BCUT2D eigenvalue weighted by Crippen LogP contribution is 2.48. The van der Waals surface area contributed by atoms with Crippen molar-refractivity contribution in [3.63, 3.8) is 0 Å². The predicted molar refractivity (Wildman–Crippen MR) is 371 cm³/mol. The van der Waals surface area contributed by atoms with Crippen LogP contribution in [0.4, 0.5) is 10.1 Å². The highest BCUT2D eigenvalue weighted by Gasteiger charge is 2.31. The zero-order valence-corrected chi connectivity index (χ0v) is 56.8. The fourth-order valence-electron chi connectivity index (χ4n) is 12.6. The SMILES string of the molecule is CCOc1cc(Br)ccc1C1=CC(=O)Cc2cc3c(cc21)OCO3.CCOc1cc(Cl)ccc1C1=CC(=O)Cc2cc3c(cc21)OCO3.CCOc1cc(F)ccc1C1=CC(=O)Cc2cc3c(cc21)OCO3.CCOc1cc(N(C)C)ccc1C1=CC(=O)Cc2cc3c(cc21)OCO3. The first-order chi connectivity index (χ1) is 47.5. The molecule has 0 bridgehead atoms. The zero-order valence-electron chi connectivity index (χ0n) is 54.5. The van der Waals surface area contributed by atoms with Crippen LogP contribution < -0.4 is 61.7 Å². The summed E-state index contributed by atoms with van der Waals surface area (Å²) >= 11 is 9.57. The molecule has 0 aromatic heterocycles. The minimum absolute atomic E-state index is 0.0110. The Balaban J connectivity index is 0.000000118. The summed E-state index contributed by atoms with van der Waals surface area (Å²) in [5.41, 5.74) is 15.2. The van der Waals surface area contributed by atoms with E-state index in [0.717, 1.165) is 99.6 Å². The summed E-state index contributed by atoms with van der Waals surface area (Å²) < 4.78 is 81.1. The molecule has 16 rings (SSSR count). The van der Waals surface area contributed by atoms with Crippen LogP contribution in [0.25, 0.3) is 22.3 Å². The summed E-state index contributed by atoms with van der Waals surface area (Å²) in [6, 6.07) is 36.9. The summed E-state index contributed by atoms with van der Waals surface area (Å²) in [6.07, 6.45) is 8.05. The van der Waals surface area contributed by atoms with Gasteiger partial charge in [0.25, 0.3) is 0 Å². The van der Waals surface area contributed by atoms with Crippen molar-refractivity contribution in [1.29, 1.82) is 0 Å². The minimum atomic E-state index is -0.379. The van der Waals surface area contributed by atoms with Crippen LogP contribution in [0, 0.1) is 5.82 Å². The molecule has 4 heterocycles. The zero-order chi connectivity index (χ0) is 68.3. The molecule has 500 valence electrons. The quantitative estimate of drug-likeness (QED) is 0.106. The van der Waals surface area contributed by atoms with Crippen molar-refractivity contribution in [3.8, 4) is 69.0 Å². The predicted octanol–water partition coefficient (Wildman–Crippen LogP) is 15.1. The van der Waals surface area contributed by atoms with E-state index in [4.69, 9.17) is 68.4 Å². The second-order valence-electron chi connectivity index (χ2n) is 23.5. The van der Waals surface area contributed by atoms with Crippen LogP contribution >= 0.6 is 27.5 Å². The van der Waals surface area contributed by atoms with Crippen LogP contribution in [0.15, 0.2) is 150 Å². The Bertz CT molecular complexity index is 4360. The van der Waals surface area contributed by atoms with Crippen molar-refractivity contribution in [2.75, 3.05) is 72.6 Å². The minimum Gasteiger partial charge on any atom is -0.493 e. The number of carbonyl (C=O) groups is 4. The average molecular weight is 1410 g/mol. The Morgan fingerprint density at radius 3 is 1.02 bits per heavy atom. The van der Waals surface area contributed by atoms with E-state index in [9.17, 15) is 23.6 Å². The Hall–Kier alpha value is -10.5. The molecule has 0 fully saturated rings. The molecule has 8 aliphatic rings. The normalized spacial score (nSPS) is 15.0. The second-order valence-corrected chi connectivity index (χ2v) is 24.8. The lowest BCUT2D eigenvalue weighted by molar-refractivity contribution is -0.114. The summed E-state index contributed by atoms with van der Waals surface area (Å²) in [6.45, 7) is 10.5. The Morgan fingerprint density at radius 2 is 0.673 bits per heavy atom. The molecule has 0 atom stereocenters. The van der Waals surface area contributed by atoms with Crippen molar-refractivity contribution in [2.45, 2.75) is 53.4 Å². The average Bonchev–Trinajstić information content (AvgIpc) is 0.933. The van der Waals surface area contributed by atoms with Crippen LogP contribution in [0.3, 0.4) is 0 Å². The summed E-state index contributed by atoms with van der Waals surface area (Å²) in [5, 5.41) is 0.593. The van der Waals surface area contributed by atoms with E-state index < -0.39 is 0 Å². The number of halogens is 3. The largest absolute Gasteiger partial charge is 0.493 e. The number of ketones is 4. The molecule has 4 aliphatic heterocycles. The van der Waals surface area contributed by atoms with Crippen LogP contribution in [0.1, 0.15) is 94.5 Å². The molecule has 4 aliphatic carbocycles. The van der Waals surface area contributed by atoms with Gasteiger partial charge in [-0.25, -0.2) is 4.39 Å². The van der Waals surface area contributed by atoms with Gasteiger partial charge < -0.3 is 61.7 Å². The van der Waals surface area contributed by atoms with E-state index in [-0.39, 0.29) is 56.1 Å². The lowest BCUT2D eigenvalue weighted by Gasteiger charge is -2.22. The number of ether oxygens (including phenoxy) is 12. The molecule has 0 N–H and O–H groups in total. The third kappa shape index (κ3) is 13.9. The van der Waals surface area contributed by atoms with Crippen LogP contribution in [-0.2, 0) is 44.9 Å². The second kappa shape index (κ2) is 28.7. The van der Waals surface area contributed by atoms with Gasteiger partial charge in [0, 0.05) is 89.3 Å². The van der Waals surface area contributed by atoms with Crippen LogP contribution in [-0.4, -0.2) is 90.8 Å². The maximum absolute atomic E-state index is 13.6. The van der Waals surface area contributed by atoms with Crippen LogP contribution in [0.5, 0.6) is 69.0 Å². The molecule has 0 saturated carbocycles. The molecule has 0 amide bonds. The molecular formula is C78H66BrClFNO16. The number of rotatable bonds is 13. The Kier molecular flexibility index (Phi) is 19.3. The van der Waals surface area contributed by atoms with Crippen LogP contribution in [0.2, 0.25) is 5.02 Å². The number of hydrogen-bond acceptors (Lipinski definition) is 17. The number of anilines is 1. The molecule has 17 nitrogen and oxygen atoms in total. The topological polar surface area (TPSA) is 182 Å². The van der Waals surface area contributed by atoms with Gasteiger partial charge in [0.1, 0.15) is 28.8 Å². The highest BCUT2D eigenvalue weighted by atomic mass is 79.9. The van der Waals surface area contributed by atoms with Gasteiger partial charge in [-0.05, 0) is 228 Å². The lowest BCUT2D eigenvalue weighted by Crippen LogP contribution is -2.12. The van der Waals surface area contributed by atoms with Gasteiger partial charge in [-0.1, -0.05) is 27.5 Å². The Morgan fingerprint density at radius 1 is 0.378 bits per heavy atom. The maximum Gasteiger partial charge on any atom is 0.231 e. The first-order valence-electron chi connectivity index (χ1n) is 32.0. The fourth-order valence-corrected chi connectivity index (χ4v) is 13.1. The van der Waals surface area contributed by atoms with Crippen molar-refractivity contribution in [2.24, 2.45) is 0 Å². The third-order valence-electron chi connectivity index (χ3n) is 16.9. The molecular weight excluding hydrogens is 1340 g/mol. The maximum atomic E-state index is 13.6. The van der Waals surface area contributed by atoms with E-state index >= 15 is 0 Å². The molecule has 98 heavy (non-hydrogen) atoms. The summed E-state index contributed by atoms with van der Waals surface area (Å²) in [7, 11) is 3.98. The number of hydrogen-bond donors (Lipinski definition) is 0. The first-order valence-corrected chi connectivity index (χ1v) is 33.1. The number of allylic oxidation sites excluding steroid dienone is 4. The molecule has 0 radical (unpaired) electrons. The highest BCUT2D eigenvalue weighted by molar-refractivity contribution is 9.10. The molecule has 0 saturated heterocycles. The van der Waals surface area contributed by atoms with E-state index in [0.29, 0.717) is 126 Å². The van der Waals surface area contributed by atoms with Crippen molar-refractivity contribution < 1.29 is 80.4 Å². The monoisotopic (exact) mass is 1410 g/mol. The number of benzene rings is 8. The van der Waals surface area contributed by atoms with Gasteiger partial charge in [0.2, 0.25) is 27.2 Å². The van der Waals surface area contributed by atoms with Gasteiger partial charge in [-0.15, -0.1) is 0 Å². The van der Waals surface area contributed by atoms with Gasteiger partial charge in [0.05, 0.1) is 26.4 Å². The molecule has 8 aromatic rings. The van der Waals surface area contributed by atoms with Crippen molar-refractivity contribution in [1.82, 2.24) is 0 Å². The van der Waals surface area contributed by atoms with Crippen molar-refractivity contribution in [3.05, 3.63) is 228 Å². The standard InChI is InChI=1S/C21H21NO4.C19H15BrO4.C19H15ClO4.C19H15FO4/c1-4-24-19-9-14(22(2)3)5-6-16(19)18-10-15(23)7-13-8-20-21(11-17(13)18)26-12-25-20;3*1-2-22-17-7-12(20)3-4-14(17)16-8-13(21)5-11-6-18-19(9-15(11)16)24-10-23-18/h5-6,8-11H,4,7,12H2,1-3H3;3*3-4,6-9H,2,5,10H2,1H3. The first kappa shape index (κ1) is 66.1. The van der Waals surface area contributed by atoms with E-state index in [1.807, 2.05) is 138 Å². The van der Waals surface area contributed by atoms with E-state index in [1.165, 1.54) is 12.1 Å².